The van der Waals surface area contributed by atoms with Gasteiger partial charge in [0, 0.05) is 22.1 Å². The summed E-state index contributed by atoms with van der Waals surface area (Å²) in [5, 5.41) is 20.8. The van der Waals surface area contributed by atoms with E-state index in [0.29, 0.717) is 11.9 Å². The topological polar surface area (TPSA) is 164 Å². The number of carbonyl (C=O) groups excluding carboxylic acids is 4. The SMILES string of the molecule is NC(=O)C[C@H](NC(=O)c1ccc2ccccc2n1)C(=O)N[C@@H](Cc1ccccc1)[C@@H](O)CS[C@@H]1CCC[C@@H]1C(=O)Nc1ccccc1. The van der Waals surface area contributed by atoms with Crippen molar-refractivity contribution in [3.8, 4) is 0 Å². The highest BCUT2D eigenvalue weighted by Crippen LogP contribution is 2.36. The Morgan fingerprint density at radius 2 is 1.57 bits per heavy atom. The van der Waals surface area contributed by atoms with E-state index in [1.165, 1.54) is 11.8 Å². The van der Waals surface area contributed by atoms with Gasteiger partial charge in [0.25, 0.3) is 5.91 Å². The molecule has 1 aromatic heterocycles. The van der Waals surface area contributed by atoms with Crippen molar-refractivity contribution >= 4 is 52.0 Å². The molecule has 1 fully saturated rings. The third-order valence-corrected chi connectivity index (χ3v) is 9.79. The van der Waals surface area contributed by atoms with Crippen molar-refractivity contribution in [1.29, 1.82) is 0 Å². The number of hydrogen-bond acceptors (Lipinski definition) is 7. The van der Waals surface area contributed by atoms with Crippen molar-refractivity contribution in [3.63, 3.8) is 0 Å². The van der Waals surface area contributed by atoms with Gasteiger partial charge < -0.3 is 26.8 Å². The number of rotatable bonds is 14. The molecule has 1 heterocycles. The predicted octanol–water partition coefficient (Wildman–Crippen LogP) is 3.84. The summed E-state index contributed by atoms with van der Waals surface area (Å²) in [5.74, 6) is -2.02. The number of nitrogens with one attached hydrogen (secondary N) is 3. The average Bonchev–Trinajstić information content (AvgIpc) is 3.56. The number of aliphatic hydroxyl groups is 1. The Morgan fingerprint density at radius 3 is 2.32 bits per heavy atom. The molecule has 4 amide bonds. The highest BCUT2D eigenvalue weighted by molar-refractivity contribution is 8.00. The minimum atomic E-state index is -1.28. The summed E-state index contributed by atoms with van der Waals surface area (Å²) in [4.78, 5) is 56.2. The molecule has 47 heavy (non-hydrogen) atoms. The first kappa shape index (κ1) is 33.6. The number of nitrogens with zero attached hydrogens (tertiary/aromatic N) is 1. The van der Waals surface area contributed by atoms with Gasteiger partial charge in [-0.05, 0) is 49.1 Å². The number of para-hydroxylation sites is 2. The molecule has 1 saturated carbocycles. The molecule has 1 aliphatic rings. The van der Waals surface area contributed by atoms with E-state index in [4.69, 9.17) is 5.73 Å². The van der Waals surface area contributed by atoms with Gasteiger partial charge in [-0.15, -0.1) is 0 Å². The number of primary amides is 1. The summed E-state index contributed by atoms with van der Waals surface area (Å²) in [6, 6.07) is 27.3. The van der Waals surface area contributed by atoms with Gasteiger partial charge in [-0.3, -0.25) is 19.2 Å². The van der Waals surface area contributed by atoms with Crippen LogP contribution in [0.25, 0.3) is 10.9 Å². The number of fused-ring (bicyclic) bond motifs is 1. The van der Waals surface area contributed by atoms with Crippen molar-refractivity contribution in [1.82, 2.24) is 15.6 Å². The Kier molecular flexibility index (Phi) is 11.6. The van der Waals surface area contributed by atoms with Crippen LogP contribution in [0, 0.1) is 5.92 Å². The van der Waals surface area contributed by atoms with Crippen molar-refractivity contribution < 1.29 is 24.3 Å². The quantitative estimate of drug-likeness (QED) is 0.138. The van der Waals surface area contributed by atoms with Gasteiger partial charge in [-0.2, -0.15) is 11.8 Å². The summed E-state index contributed by atoms with van der Waals surface area (Å²) in [6.45, 7) is 0. The van der Waals surface area contributed by atoms with Crippen LogP contribution in [0.3, 0.4) is 0 Å². The van der Waals surface area contributed by atoms with E-state index >= 15 is 0 Å². The molecular formula is C36H39N5O5S. The molecule has 0 spiro atoms. The fourth-order valence-corrected chi connectivity index (χ4v) is 7.29. The number of hydrogen-bond donors (Lipinski definition) is 5. The van der Waals surface area contributed by atoms with Crippen molar-refractivity contribution in [2.75, 3.05) is 11.1 Å². The fourth-order valence-electron chi connectivity index (χ4n) is 5.79. The van der Waals surface area contributed by atoms with E-state index in [2.05, 4.69) is 20.9 Å². The number of aliphatic hydroxyl groups excluding tert-OH is 1. The van der Waals surface area contributed by atoms with Crippen molar-refractivity contribution in [2.24, 2.45) is 11.7 Å². The second-order valence-corrected chi connectivity index (χ2v) is 13.0. The first-order chi connectivity index (χ1) is 22.8. The van der Waals surface area contributed by atoms with Crippen LogP contribution < -0.4 is 21.7 Å². The van der Waals surface area contributed by atoms with Gasteiger partial charge in [0.05, 0.1) is 30.0 Å². The summed E-state index contributed by atoms with van der Waals surface area (Å²) in [5.41, 5.74) is 7.80. The Labute approximate surface area is 277 Å². The molecular weight excluding hydrogens is 614 g/mol. The molecule has 0 saturated heterocycles. The Hall–Kier alpha value is -4.74. The van der Waals surface area contributed by atoms with E-state index in [0.717, 1.165) is 35.9 Å². The smallest absolute Gasteiger partial charge is 0.270 e. The summed E-state index contributed by atoms with van der Waals surface area (Å²) >= 11 is 1.52. The van der Waals surface area contributed by atoms with Gasteiger partial charge in [0.1, 0.15) is 11.7 Å². The van der Waals surface area contributed by atoms with E-state index in [1.807, 2.05) is 78.9 Å². The number of pyridine rings is 1. The van der Waals surface area contributed by atoms with Gasteiger partial charge in [0.15, 0.2) is 0 Å². The van der Waals surface area contributed by atoms with E-state index in [9.17, 15) is 24.3 Å². The maximum absolute atomic E-state index is 13.6. The van der Waals surface area contributed by atoms with Crippen molar-refractivity contribution in [3.05, 3.63) is 108 Å². The molecule has 11 heteroatoms. The summed E-state index contributed by atoms with van der Waals surface area (Å²) in [6.07, 6.45) is 1.39. The van der Waals surface area contributed by atoms with Gasteiger partial charge in [0.2, 0.25) is 17.7 Å². The third kappa shape index (κ3) is 9.40. The number of aromatic nitrogens is 1. The maximum atomic E-state index is 13.6. The number of benzene rings is 3. The minimum absolute atomic E-state index is 0.0118. The second kappa shape index (κ2) is 16.2. The Balaban J connectivity index is 1.26. The van der Waals surface area contributed by atoms with Gasteiger partial charge >= 0.3 is 0 Å². The minimum Gasteiger partial charge on any atom is -0.390 e. The molecule has 0 unspecified atom stereocenters. The molecule has 6 N–H and O–H groups in total. The van der Waals surface area contributed by atoms with E-state index < -0.39 is 42.3 Å². The molecule has 4 aromatic rings. The van der Waals surface area contributed by atoms with Crippen LogP contribution in [0.15, 0.2) is 97.1 Å². The van der Waals surface area contributed by atoms with E-state index in [-0.39, 0.29) is 28.5 Å². The molecule has 0 radical (unpaired) electrons. The van der Waals surface area contributed by atoms with Crippen LogP contribution in [0.2, 0.25) is 0 Å². The summed E-state index contributed by atoms with van der Waals surface area (Å²) < 4.78 is 0. The van der Waals surface area contributed by atoms with Gasteiger partial charge in [-0.1, -0.05) is 79.2 Å². The molecule has 5 atom stereocenters. The Bertz CT molecular complexity index is 1690. The standard InChI is InChI=1S/C36H39N5O5S/c37-33(43)21-30(41-35(45)28-19-18-24-12-7-8-16-27(24)39-28)36(46)40-29(20-23-10-3-1-4-11-23)31(42)22-47-32-17-9-15-26(32)34(44)38-25-13-5-2-6-14-25/h1-8,10-14,16,18-19,26,29-32,42H,9,15,17,20-22H2,(H2,37,43)(H,38,44)(H,40,46)(H,41,45)/t26-,29-,30-,31-,32+/m0/s1. The Morgan fingerprint density at radius 1 is 0.872 bits per heavy atom. The highest BCUT2D eigenvalue weighted by Gasteiger charge is 2.35. The molecule has 0 aliphatic heterocycles. The highest BCUT2D eigenvalue weighted by atomic mass is 32.2. The zero-order valence-electron chi connectivity index (χ0n) is 25.9. The van der Waals surface area contributed by atoms with Crippen molar-refractivity contribution in [2.45, 2.75) is 55.5 Å². The molecule has 0 bridgehead atoms. The third-order valence-electron chi connectivity index (χ3n) is 8.26. The number of thioether (sulfide) groups is 1. The molecule has 1 aliphatic carbocycles. The lowest BCUT2D eigenvalue weighted by molar-refractivity contribution is -0.128. The lowest BCUT2D eigenvalue weighted by Gasteiger charge is -2.28. The first-order valence-electron chi connectivity index (χ1n) is 15.7. The molecule has 5 rings (SSSR count). The fraction of sp³-hybridized carbons (Fsp3) is 0.306. The van der Waals surface area contributed by atoms with E-state index in [1.54, 1.807) is 18.2 Å². The van der Waals surface area contributed by atoms with Crippen LogP contribution in [-0.2, 0) is 20.8 Å². The summed E-state index contributed by atoms with van der Waals surface area (Å²) in [7, 11) is 0. The lowest BCUT2D eigenvalue weighted by Crippen LogP contribution is -2.54. The number of amides is 4. The zero-order valence-corrected chi connectivity index (χ0v) is 26.7. The molecule has 3 aromatic carbocycles. The zero-order chi connectivity index (χ0) is 33.2. The first-order valence-corrected chi connectivity index (χ1v) is 16.8. The maximum Gasteiger partial charge on any atom is 0.270 e. The van der Waals surface area contributed by atoms with Crippen LogP contribution in [0.5, 0.6) is 0 Å². The monoisotopic (exact) mass is 653 g/mol. The number of nitrogens with two attached hydrogens (primary N) is 1. The number of anilines is 1. The second-order valence-electron chi connectivity index (χ2n) is 11.7. The molecule has 244 valence electrons. The van der Waals surface area contributed by atoms with Crippen LogP contribution in [-0.4, -0.2) is 62.9 Å². The lowest BCUT2D eigenvalue weighted by atomic mass is 10.0. The van der Waals surface area contributed by atoms with Crippen LogP contribution in [0.1, 0.15) is 41.7 Å². The van der Waals surface area contributed by atoms with Crippen LogP contribution >= 0.6 is 11.8 Å². The van der Waals surface area contributed by atoms with Crippen LogP contribution in [0.4, 0.5) is 5.69 Å². The number of carbonyl (C=O) groups is 4. The average molecular weight is 654 g/mol. The molecule has 10 nitrogen and oxygen atoms in total. The normalized spacial score (nSPS) is 17.7. The largest absolute Gasteiger partial charge is 0.390 e. The van der Waals surface area contributed by atoms with Gasteiger partial charge in [-0.25, -0.2) is 4.98 Å². The predicted molar refractivity (Wildman–Crippen MR) is 184 cm³/mol.